The quantitative estimate of drug-likeness (QED) is 0.915. The molecule has 0 amide bonds. The zero-order valence-corrected chi connectivity index (χ0v) is 12.5. The molecular weight excluding hydrogens is 234 g/mol. The van der Waals surface area contributed by atoms with Crippen LogP contribution in [-0.4, -0.2) is 16.8 Å². The summed E-state index contributed by atoms with van der Waals surface area (Å²) >= 11 is 0. The van der Waals surface area contributed by atoms with Crippen molar-refractivity contribution in [1.82, 2.24) is 15.1 Å². The van der Waals surface area contributed by atoms with Crippen LogP contribution < -0.4 is 5.32 Å². The maximum atomic E-state index is 4.62. The molecule has 0 aliphatic heterocycles. The second-order valence-corrected chi connectivity index (χ2v) is 6.04. The first-order chi connectivity index (χ1) is 8.91. The van der Waals surface area contributed by atoms with E-state index >= 15 is 0 Å². The van der Waals surface area contributed by atoms with E-state index in [1.165, 1.54) is 16.7 Å². The van der Waals surface area contributed by atoms with E-state index in [-0.39, 0.29) is 5.41 Å². The summed E-state index contributed by atoms with van der Waals surface area (Å²) in [6.45, 7) is 7.51. The van der Waals surface area contributed by atoms with E-state index < -0.39 is 0 Å². The lowest BCUT2D eigenvalue weighted by atomic mass is 9.87. The number of hydrogen-bond donors (Lipinski definition) is 1. The van der Waals surface area contributed by atoms with Crippen molar-refractivity contribution in [2.45, 2.75) is 32.7 Å². The number of rotatable bonds is 3. The summed E-state index contributed by atoms with van der Waals surface area (Å²) in [4.78, 5) is 0. The molecular formula is C16H23N3. The molecule has 2 rings (SSSR count). The fraction of sp³-hybridized carbons (Fsp3) is 0.438. The fourth-order valence-electron chi connectivity index (χ4n) is 2.26. The molecule has 102 valence electrons. The van der Waals surface area contributed by atoms with Gasteiger partial charge in [-0.2, -0.15) is 5.10 Å². The first-order valence-electron chi connectivity index (χ1n) is 6.70. The lowest BCUT2D eigenvalue weighted by Gasteiger charge is -2.17. The first kappa shape index (κ1) is 13.8. The van der Waals surface area contributed by atoms with Crippen molar-refractivity contribution < 1.29 is 0 Å². The van der Waals surface area contributed by atoms with Crippen molar-refractivity contribution in [1.29, 1.82) is 0 Å². The predicted octanol–water partition coefficient (Wildman–Crippen LogP) is 3.10. The minimum atomic E-state index is 0.0558. The number of hydrogen-bond acceptors (Lipinski definition) is 2. The van der Waals surface area contributed by atoms with Crippen LogP contribution in [-0.2, 0) is 19.0 Å². The third-order valence-electron chi connectivity index (χ3n) is 3.19. The van der Waals surface area contributed by atoms with Gasteiger partial charge in [-0.1, -0.05) is 45.0 Å². The Bertz CT molecular complexity index is 544. The van der Waals surface area contributed by atoms with Gasteiger partial charge in [-0.25, -0.2) is 0 Å². The van der Waals surface area contributed by atoms with Crippen LogP contribution in [0.2, 0.25) is 0 Å². The smallest absolute Gasteiger partial charge is 0.0756 e. The van der Waals surface area contributed by atoms with E-state index in [9.17, 15) is 0 Å². The van der Waals surface area contributed by atoms with Gasteiger partial charge in [0.25, 0.3) is 0 Å². The molecule has 0 saturated carbocycles. The van der Waals surface area contributed by atoms with Crippen molar-refractivity contribution in [3.63, 3.8) is 0 Å². The van der Waals surface area contributed by atoms with Crippen LogP contribution in [0.15, 0.2) is 30.5 Å². The summed E-state index contributed by atoms with van der Waals surface area (Å²) in [5.74, 6) is 0. The van der Waals surface area contributed by atoms with Gasteiger partial charge < -0.3 is 5.32 Å². The highest BCUT2D eigenvalue weighted by Gasteiger charge is 2.22. The molecule has 0 bridgehead atoms. The predicted molar refractivity (Wildman–Crippen MR) is 80.1 cm³/mol. The van der Waals surface area contributed by atoms with Crippen LogP contribution >= 0.6 is 0 Å². The number of nitrogens with one attached hydrogen (secondary N) is 1. The number of aromatic nitrogens is 2. The molecule has 19 heavy (non-hydrogen) atoms. The monoisotopic (exact) mass is 257 g/mol. The zero-order chi connectivity index (χ0) is 14.0. The van der Waals surface area contributed by atoms with Gasteiger partial charge in [-0.15, -0.1) is 0 Å². The average molecular weight is 257 g/mol. The van der Waals surface area contributed by atoms with Gasteiger partial charge in [0.2, 0.25) is 0 Å². The lowest BCUT2D eigenvalue weighted by molar-refractivity contribution is 0.554. The van der Waals surface area contributed by atoms with Gasteiger partial charge in [-0.3, -0.25) is 4.68 Å². The standard InChI is InChI=1S/C16H23N3/c1-16(2,3)15-14(11-19(5)18-15)13-8-6-12(7-9-13)10-17-4/h6-9,11,17H,10H2,1-5H3. The van der Waals surface area contributed by atoms with Gasteiger partial charge in [0, 0.05) is 30.8 Å². The molecule has 0 unspecified atom stereocenters. The van der Waals surface area contributed by atoms with Crippen LogP contribution in [0.25, 0.3) is 11.1 Å². The summed E-state index contributed by atoms with van der Waals surface area (Å²) in [5, 5.41) is 7.79. The summed E-state index contributed by atoms with van der Waals surface area (Å²) < 4.78 is 1.90. The highest BCUT2D eigenvalue weighted by Crippen LogP contribution is 2.31. The topological polar surface area (TPSA) is 29.9 Å². The Balaban J connectivity index is 2.41. The lowest BCUT2D eigenvalue weighted by Crippen LogP contribution is -2.13. The van der Waals surface area contributed by atoms with Gasteiger partial charge in [0.05, 0.1) is 5.69 Å². The molecule has 0 radical (unpaired) electrons. The molecule has 2 aromatic rings. The Morgan fingerprint density at radius 3 is 2.32 bits per heavy atom. The average Bonchev–Trinajstić information content (AvgIpc) is 2.73. The van der Waals surface area contributed by atoms with E-state index in [2.05, 4.69) is 61.6 Å². The Morgan fingerprint density at radius 2 is 1.79 bits per heavy atom. The highest BCUT2D eigenvalue weighted by atomic mass is 15.3. The van der Waals surface area contributed by atoms with E-state index in [1.807, 2.05) is 18.8 Å². The van der Waals surface area contributed by atoms with Gasteiger partial charge >= 0.3 is 0 Å². The van der Waals surface area contributed by atoms with Crippen molar-refractivity contribution >= 4 is 0 Å². The molecule has 1 aromatic heterocycles. The summed E-state index contributed by atoms with van der Waals surface area (Å²) in [7, 11) is 3.95. The maximum absolute atomic E-state index is 4.62. The van der Waals surface area contributed by atoms with Crippen molar-refractivity contribution in [2.75, 3.05) is 7.05 Å². The molecule has 0 fully saturated rings. The minimum absolute atomic E-state index is 0.0558. The summed E-state index contributed by atoms with van der Waals surface area (Å²) in [6.07, 6.45) is 2.10. The Labute approximate surface area is 115 Å². The zero-order valence-electron chi connectivity index (χ0n) is 12.5. The van der Waals surface area contributed by atoms with Gasteiger partial charge in [0.1, 0.15) is 0 Å². The molecule has 3 heteroatoms. The molecule has 3 nitrogen and oxygen atoms in total. The van der Waals surface area contributed by atoms with Gasteiger partial charge in [-0.05, 0) is 18.2 Å². The van der Waals surface area contributed by atoms with Crippen LogP contribution in [0.4, 0.5) is 0 Å². The highest BCUT2D eigenvalue weighted by molar-refractivity contribution is 5.66. The SMILES string of the molecule is CNCc1ccc(-c2cn(C)nc2C(C)(C)C)cc1. The summed E-state index contributed by atoms with van der Waals surface area (Å²) in [6, 6.07) is 8.70. The maximum Gasteiger partial charge on any atom is 0.0756 e. The summed E-state index contributed by atoms with van der Waals surface area (Å²) in [5.41, 5.74) is 4.97. The molecule has 0 aliphatic rings. The molecule has 1 aromatic carbocycles. The van der Waals surface area contributed by atoms with E-state index in [0.717, 1.165) is 12.2 Å². The molecule has 0 spiro atoms. The Morgan fingerprint density at radius 1 is 1.16 bits per heavy atom. The van der Waals surface area contributed by atoms with E-state index in [0.29, 0.717) is 0 Å². The number of aryl methyl sites for hydroxylation is 1. The second-order valence-electron chi connectivity index (χ2n) is 6.04. The third-order valence-corrected chi connectivity index (χ3v) is 3.19. The minimum Gasteiger partial charge on any atom is -0.316 e. The van der Waals surface area contributed by atoms with Crippen LogP contribution in [0, 0.1) is 0 Å². The second kappa shape index (κ2) is 5.17. The van der Waals surface area contributed by atoms with Gasteiger partial charge in [0.15, 0.2) is 0 Å². The number of benzene rings is 1. The molecule has 0 aliphatic carbocycles. The molecule has 1 N–H and O–H groups in total. The Kier molecular flexibility index (Phi) is 3.76. The molecule has 0 saturated heterocycles. The fourth-order valence-corrected chi connectivity index (χ4v) is 2.26. The van der Waals surface area contributed by atoms with Crippen LogP contribution in [0.1, 0.15) is 32.0 Å². The van der Waals surface area contributed by atoms with Crippen LogP contribution in [0.3, 0.4) is 0 Å². The van der Waals surface area contributed by atoms with Crippen molar-refractivity contribution in [3.05, 3.63) is 41.7 Å². The van der Waals surface area contributed by atoms with Crippen molar-refractivity contribution in [3.8, 4) is 11.1 Å². The largest absolute Gasteiger partial charge is 0.316 e. The third kappa shape index (κ3) is 3.04. The van der Waals surface area contributed by atoms with E-state index in [4.69, 9.17) is 0 Å². The molecule has 1 heterocycles. The van der Waals surface area contributed by atoms with Crippen LogP contribution in [0.5, 0.6) is 0 Å². The number of nitrogens with zero attached hydrogens (tertiary/aromatic N) is 2. The Hall–Kier alpha value is -1.61. The van der Waals surface area contributed by atoms with E-state index in [1.54, 1.807) is 0 Å². The first-order valence-corrected chi connectivity index (χ1v) is 6.70. The molecule has 0 atom stereocenters. The van der Waals surface area contributed by atoms with Crippen molar-refractivity contribution in [2.24, 2.45) is 7.05 Å². The normalized spacial score (nSPS) is 11.8.